The van der Waals surface area contributed by atoms with Gasteiger partial charge in [0.15, 0.2) is 0 Å². The second-order valence-corrected chi connectivity index (χ2v) is 8.70. The summed E-state index contributed by atoms with van der Waals surface area (Å²) in [7, 11) is 0. The topological polar surface area (TPSA) is 60.2 Å². The molecule has 2 N–H and O–H groups in total. The molecule has 0 atom stereocenters. The minimum Gasteiger partial charge on any atom is -0.398 e. The van der Waals surface area contributed by atoms with Gasteiger partial charge in [-0.15, -0.1) is 17.0 Å². The fraction of sp³-hybridized carbons (Fsp3) is 0.500. The number of nitrogens with two attached hydrogens (primary N) is 1. The van der Waals surface area contributed by atoms with Crippen molar-refractivity contribution in [2.75, 3.05) is 5.73 Å². The van der Waals surface area contributed by atoms with Crippen LogP contribution in [0.5, 0.6) is 0 Å². The molecular weight excluding hydrogens is 462 g/mol. The van der Waals surface area contributed by atoms with Gasteiger partial charge in [-0.05, 0) is 49.4 Å². The standard InChI is InChI=1S/C28H39NO2.BrH/c1-4-5-6-7-8-9-10-11-12-14-19-24-20-25(26(29)22(3)21(24)2)28(31)27(30)23-17-15-13-16-18-23;/h13,15-18,20H,4-12,14,19,29H2,1-3H3;1H. The quantitative estimate of drug-likeness (QED) is 0.123. The first-order valence-electron chi connectivity index (χ1n) is 12.0. The predicted molar refractivity (Wildman–Crippen MR) is 141 cm³/mol. The van der Waals surface area contributed by atoms with Crippen molar-refractivity contribution in [2.24, 2.45) is 0 Å². The molecule has 0 bridgehead atoms. The largest absolute Gasteiger partial charge is 0.398 e. The lowest BCUT2D eigenvalue weighted by molar-refractivity contribution is 0.0817. The van der Waals surface area contributed by atoms with Crippen molar-refractivity contribution in [3.63, 3.8) is 0 Å². The number of ketones is 2. The number of anilines is 1. The van der Waals surface area contributed by atoms with E-state index in [9.17, 15) is 9.59 Å². The number of aryl methyl sites for hydroxylation is 1. The number of Topliss-reactive ketones (excluding diaryl/α,β-unsaturated/α-hetero) is 2. The number of unbranched alkanes of at least 4 members (excludes halogenated alkanes) is 9. The zero-order chi connectivity index (χ0) is 22.6. The Kier molecular flexibility index (Phi) is 13.2. The van der Waals surface area contributed by atoms with Crippen LogP contribution in [-0.4, -0.2) is 11.6 Å². The number of rotatable bonds is 14. The molecule has 0 aromatic heterocycles. The normalized spacial score (nSPS) is 10.6. The molecule has 0 saturated carbocycles. The first-order valence-corrected chi connectivity index (χ1v) is 12.0. The van der Waals surface area contributed by atoms with Gasteiger partial charge in [0, 0.05) is 16.8 Å². The lowest BCUT2D eigenvalue weighted by atomic mass is 9.90. The molecule has 4 heteroatoms. The molecule has 176 valence electrons. The van der Waals surface area contributed by atoms with E-state index in [1.54, 1.807) is 24.3 Å². The van der Waals surface area contributed by atoms with Crippen LogP contribution in [0.2, 0.25) is 0 Å². The van der Waals surface area contributed by atoms with Crippen molar-refractivity contribution in [3.05, 3.63) is 64.2 Å². The van der Waals surface area contributed by atoms with Crippen molar-refractivity contribution in [1.29, 1.82) is 0 Å². The van der Waals surface area contributed by atoms with Crippen LogP contribution in [0.1, 0.15) is 109 Å². The van der Waals surface area contributed by atoms with Crippen molar-refractivity contribution in [3.8, 4) is 0 Å². The molecule has 0 spiro atoms. The second-order valence-electron chi connectivity index (χ2n) is 8.70. The molecule has 0 aliphatic carbocycles. The van der Waals surface area contributed by atoms with E-state index in [0.717, 1.165) is 29.5 Å². The van der Waals surface area contributed by atoms with E-state index in [0.29, 0.717) is 16.8 Å². The van der Waals surface area contributed by atoms with E-state index >= 15 is 0 Å². The summed E-state index contributed by atoms with van der Waals surface area (Å²) in [6.45, 7) is 6.26. The van der Waals surface area contributed by atoms with Crippen LogP contribution in [0.15, 0.2) is 36.4 Å². The molecule has 0 saturated heterocycles. The Bertz CT molecular complexity index is 861. The summed E-state index contributed by atoms with van der Waals surface area (Å²) in [6, 6.07) is 10.6. The Morgan fingerprint density at radius 3 is 1.84 bits per heavy atom. The molecule has 0 fully saturated rings. The minimum atomic E-state index is -0.517. The summed E-state index contributed by atoms with van der Waals surface area (Å²) in [6.07, 6.45) is 13.9. The van der Waals surface area contributed by atoms with Crippen molar-refractivity contribution >= 4 is 34.2 Å². The fourth-order valence-electron chi connectivity index (χ4n) is 4.10. The summed E-state index contributed by atoms with van der Waals surface area (Å²) >= 11 is 0. The maximum Gasteiger partial charge on any atom is 0.235 e. The molecular formula is C28H40BrNO2. The number of hydrogen-bond donors (Lipinski definition) is 1. The number of carbonyl (C=O) groups is 2. The molecule has 0 aliphatic rings. The monoisotopic (exact) mass is 501 g/mol. The summed E-state index contributed by atoms with van der Waals surface area (Å²) in [4.78, 5) is 25.5. The highest BCUT2D eigenvalue weighted by Crippen LogP contribution is 2.27. The first-order chi connectivity index (χ1) is 15.0. The highest BCUT2D eigenvalue weighted by molar-refractivity contribution is 8.93. The van der Waals surface area contributed by atoms with Gasteiger partial charge in [0.05, 0.1) is 0 Å². The molecule has 0 amide bonds. The number of halogens is 1. The average Bonchev–Trinajstić information content (AvgIpc) is 2.79. The Labute approximate surface area is 205 Å². The Hall–Kier alpha value is -1.94. The molecule has 2 rings (SSSR count). The van der Waals surface area contributed by atoms with Gasteiger partial charge in [0.25, 0.3) is 0 Å². The van der Waals surface area contributed by atoms with E-state index in [1.165, 1.54) is 57.8 Å². The van der Waals surface area contributed by atoms with Crippen LogP contribution in [-0.2, 0) is 6.42 Å². The SMILES string of the molecule is Br.CCCCCCCCCCCCc1cc(C(=O)C(=O)c2ccccc2)c(N)c(C)c1C. The fourth-order valence-corrected chi connectivity index (χ4v) is 4.10. The third-order valence-electron chi connectivity index (χ3n) is 6.34. The van der Waals surface area contributed by atoms with Crippen LogP contribution in [0, 0.1) is 13.8 Å². The van der Waals surface area contributed by atoms with Gasteiger partial charge in [-0.25, -0.2) is 0 Å². The lowest BCUT2D eigenvalue weighted by Crippen LogP contribution is -2.18. The van der Waals surface area contributed by atoms with E-state index in [1.807, 2.05) is 19.1 Å². The molecule has 32 heavy (non-hydrogen) atoms. The predicted octanol–water partition coefficient (Wildman–Crippen LogP) is 7.99. The zero-order valence-electron chi connectivity index (χ0n) is 20.0. The average molecular weight is 503 g/mol. The number of hydrogen-bond acceptors (Lipinski definition) is 3. The summed E-state index contributed by atoms with van der Waals surface area (Å²) in [5, 5.41) is 0. The molecule has 2 aromatic rings. The molecule has 0 aliphatic heterocycles. The number of nitrogen functional groups attached to an aromatic ring is 1. The smallest absolute Gasteiger partial charge is 0.235 e. The lowest BCUT2D eigenvalue weighted by Gasteiger charge is -2.15. The second kappa shape index (κ2) is 15.0. The first kappa shape index (κ1) is 28.1. The van der Waals surface area contributed by atoms with Crippen LogP contribution >= 0.6 is 17.0 Å². The van der Waals surface area contributed by atoms with Crippen LogP contribution < -0.4 is 5.73 Å². The molecule has 2 aromatic carbocycles. The maximum absolute atomic E-state index is 12.9. The van der Waals surface area contributed by atoms with E-state index in [4.69, 9.17) is 5.73 Å². The van der Waals surface area contributed by atoms with Gasteiger partial charge >= 0.3 is 0 Å². The summed E-state index contributed by atoms with van der Waals surface area (Å²) < 4.78 is 0. The van der Waals surface area contributed by atoms with Gasteiger partial charge in [0.2, 0.25) is 11.6 Å². The highest BCUT2D eigenvalue weighted by Gasteiger charge is 2.23. The molecule has 0 unspecified atom stereocenters. The Morgan fingerprint density at radius 2 is 1.28 bits per heavy atom. The van der Waals surface area contributed by atoms with Crippen LogP contribution in [0.3, 0.4) is 0 Å². The summed E-state index contributed by atoms with van der Waals surface area (Å²) in [5.74, 6) is -1.02. The molecule has 0 heterocycles. The third-order valence-corrected chi connectivity index (χ3v) is 6.34. The highest BCUT2D eigenvalue weighted by atomic mass is 79.9. The minimum absolute atomic E-state index is 0. The Morgan fingerprint density at radius 1 is 0.750 bits per heavy atom. The Balaban J connectivity index is 0.00000512. The number of carbonyl (C=O) groups excluding carboxylic acids is 2. The van der Waals surface area contributed by atoms with Crippen molar-refractivity contribution in [2.45, 2.75) is 91.4 Å². The van der Waals surface area contributed by atoms with Crippen molar-refractivity contribution in [1.82, 2.24) is 0 Å². The maximum atomic E-state index is 12.9. The molecule has 3 nitrogen and oxygen atoms in total. The van der Waals surface area contributed by atoms with Crippen LogP contribution in [0.25, 0.3) is 0 Å². The van der Waals surface area contributed by atoms with Gasteiger partial charge in [-0.1, -0.05) is 95.0 Å². The summed E-state index contributed by atoms with van der Waals surface area (Å²) in [5.41, 5.74) is 10.6. The van der Waals surface area contributed by atoms with Crippen LogP contribution in [0.4, 0.5) is 5.69 Å². The van der Waals surface area contributed by atoms with Gasteiger partial charge in [-0.2, -0.15) is 0 Å². The van der Waals surface area contributed by atoms with Crippen molar-refractivity contribution < 1.29 is 9.59 Å². The van der Waals surface area contributed by atoms with E-state index < -0.39 is 11.6 Å². The third kappa shape index (κ3) is 8.20. The van der Waals surface area contributed by atoms with Gasteiger partial charge in [-0.3, -0.25) is 9.59 Å². The van der Waals surface area contributed by atoms with Gasteiger partial charge < -0.3 is 5.73 Å². The van der Waals surface area contributed by atoms with Gasteiger partial charge in [0.1, 0.15) is 0 Å². The van der Waals surface area contributed by atoms with E-state index in [-0.39, 0.29) is 17.0 Å². The molecule has 0 radical (unpaired) electrons. The number of benzene rings is 2. The van der Waals surface area contributed by atoms with E-state index in [2.05, 4.69) is 13.8 Å². The zero-order valence-corrected chi connectivity index (χ0v) is 21.8.